The van der Waals surface area contributed by atoms with E-state index >= 15 is 0 Å². The number of ether oxygens (including phenoxy) is 1. The summed E-state index contributed by atoms with van der Waals surface area (Å²) in [4.78, 5) is 12.4. The molecule has 0 saturated heterocycles. The largest absolute Gasteiger partial charge is 0.426 e. The highest BCUT2D eigenvalue weighted by Crippen LogP contribution is 2.26. The molecule has 0 bridgehead atoms. The molecule has 0 aromatic heterocycles. The van der Waals surface area contributed by atoms with Gasteiger partial charge in [-0.2, -0.15) is 0 Å². The predicted octanol–water partition coefficient (Wildman–Crippen LogP) is 5.73. The van der Waals surface area contributed by atoms with Crippen molar-refractivity contribution in [1.82, 2.24) is 0 Å². The van der Waals surface area contributed by atoms with Crippen molar-refractivity contribution in [1.29, 1.82) is 0 Å². The molecule has 0 aliphatic carbocycles. The molecule has 0 aliphatic rings. The van der Waals surface area contributed by atoms with Crippen LogP contribution < -0.4 is 4.74 Å². The topological polar surface area (TPSA) is 26.3 Å². The van der Waals surface area contributed by atoms with Gasteiger partial charge in [0, 0.05) is 22.0 Å². The van der Waals surface area contributed by atoms with E-state index in [4.69, 9.17) is 27.9 Å². The zero-order valence-electron chi connectivity index (χ0n) is 13.4. The molecule has 3 aromatic rings. The molecule has 126 valence electrons. The van der Waals surface area contributed by atoms with Crippen LogP contribution in [0, 0.1) is 0 Å². The molecular weight excluding hydrogens is 355 g/mol. The van der Waals surface area contributed by atoms with Crippen LogP contribution in [-0.2, 0) is 17.6 Å². The van der Waals surface area contributed by atoms with Gasteiger partial charge in [0.25, 0.3) is 0 Å². The van der Waals surface area contributed by atoms with E-state index in [1.54, 1.807) is 24.3 Å². The summed E-state index contributed by atoms with van der Waals surface area (Å²) in [6, 6.07) is 22.7. The van der Waals surface area contributed by atoms with Crippen molar-refractivity contribution in [3.63, 3.8) is 0 Å². The number of hydrogen-bond acceptors (Lipinski definition) is 2. The van der Waals surface area contributed by atoms with Gasteiger partial charge in [-0.1, -0.05) is 77.8 Å². The highest BCUT2D eigenvalue weighted by atomic mass is 35.5. The predicted molar refractivity (Wildman–Crippen MR) is 101 cm³/mol. The highest BCUT2D eigenvalue weighted by Gasteiger charge is 2.14. The summed E-state index contributed by atoms with van der Waals surface area (Å²) in [6.07, 6.45) is 0.718. The van der Waals surface area contributed by atoms with Gasteiger partial charge in [0.2, 0.25) is 0 Å². The number of halogens is 2. The van der Waals surface area contributed by atoms with Gasteiger partial charge in [-0.3, -0.25) is 4.79 Å². The van der Waals surface area contributed by atoms with Gasteiger partial charge in [-0.05, 0) is 29.3 Å². The average molecular weight is 371 g/mol. The summed E-state index contributed by atoms with van der Waals surface area (Å²) in [6.45, 7) is 0. The second-order valence-electron chi connectivity index (χ2n) is 5.62. The first-order valence-corrected chi connectivity index (χ1v) is 8.64. The number of hydrogen-bond donors (Lipinski definition) is 0. The van der Waals surface area contributed by atoms with E-state index in [1.807, 2.05) is 48.5 Å². The summed E-state index contributed by atoms with van der Waals surface area (Å²) < 4.78 is 5.58. The lowest BCUT2D eigenvalue weighted by atomic mass is 10.0. The molecule has 0 N–H and O–H groups in total. The lowest BCUT2D eigenvalue weighted by Crippen LogP contribution is -2.13. The van der Waals surface area contributed by atoms with E-state index in [0.29, 0.717) is 27.8 Å². The molecule has 2 nitrogen and oxygen atoms in total. The zero-order valence-corrected chi connectivity index (χ0v) is 14.9. The molecule has 0 aliphatic heterocycles. The van der Waals surface area contributed by atoms with Gasteiger partial charge in [0.05, 0.1) is 6.42 Å². The number of para-hydroxylation sites is 1. The third-order valence-electron chi connectivity index (χ3n) is 3.82. The lowest BCUT2D eigenvalue weighted by Gasteiger charge is -2.11. The van der Waals surface area contributed by atoms with Crippen molar-refractivity contribution < 1.29 is 9.53 Å². The quantitative estimate of drug-likeness (QED) is 0.423. The van der Waals surface area contributed by atoms with Gasteiger partial charge in [0.1, 0.15) is 5.75 Å². The molecule has 0 radical (unpaired) electrons. The Kier molecular flexibility index (Phi) is 5.75. The Hall–Kier alpha value is -2.29. The molecule has 4 heteroatoms. The minimum Gasteiger partial charge on any atom is -0.426 e. The van der Waals surface area contributed by atoms with E-state index in [2.05, 4.69) is 0 Å². The normalized spacial score (nSPS) is 10.5. The fraction of sp³-hybridized carbons (Fsp3) is 0.0952. The zero-order chi connectivity index (χ0) is 17.6. The molecular formula is C21H16Cl2O2. The van der Waals surface area contributed by atoms with Crippen molar-refractivity contribution in [2.24, 2.45) is 0 Å². The number of benzene rings is 3. The molecule has 0 saturated carbocycles. The van der Waals surface area contributed by atoms with Crippen molar-refractivity contribution in [2.75, 3.05) is 0 Å². The van der Waals surface area contributed by atoms with E-state index in [-0.39, 0.29) is 6.42 Å². The standard InChI is InChI=1S/C21H16Cl2O2/c22-18-10-6-11-19(23)17(18)14-21(24)25-20-12-5-4-9-16(20)13-15-7-2-1-3-8-15/h1-12H,13-14H2. The van der Waals surface area contributed by atoms with Crippen molar-refractivity contribution in [2.45, 2.75) is 12.8 Å². The Balaban J connectivity index is 1.76. The molecule has 3 aromatic carbocycles. The lowest BCUT2D eigenvalue weighted by molar-refractivity contribution is -0.133. The molecule has 0 unspecified atom stereocenters. The van der Waals surface area contributed by atoms with Crippen LogP contribution in [0.15, 0.2) is 72.8 Å². The maximum Gasteiger partial charge on any atom is 0.315 e. The monoisotopic (exact) mass is 370 g/mol. The number of carbonyl (C=O) groups excluding carboxylic acids is 1. The molecule has 3 rings (SSSR count). The van der Waals surface area contributed by atoms with Gasteiger partial charge >= 0.3 is 5.97 Å². The molecule has 0 atom stereocenters. The smallest absolute Gasteiger partial charge is 0.315 e. The van der Waals surface area contributed by atoms with Gasteiger partial charge in [-0.15, -0.1) is 0 Å². The van der Waals surface area contributed by atoms with Crippen LogP contribution in [0.25, 0.3) is 0 Å². The van der Waals surface area contributed by atoms with Gasteiger partial charge < -0.3 is 4.74 Å². The summed E-state index contributed by atoms with van der Waals surface area (Å²) in [5, 5.41) is 0.920. The first-order valence-electron chi connectivity index (χ1n) is 7.89. The maximum atomic E-state index is 12.4. The Morgan fingerprint density at radius 3 is 2.16 bits per heavy atom. The third-order valence-corrected chi connectivity index (χ3v) is 4.52. The van der Waals surface area contributed by atoms with E-state index in [9.17, 15) is 4.79 Å². The summed E-state index contributed by atoms with van der Waals surface area (Å²) in [5.41, 5.74) is 2.68. The van der Waals surface area contributed by atoms with Crippen LogP contribution in [0.3, 0.4) is 0 Å². The first-order chi connectivity index (χ1) is 12.1. The van der Waals surface area contributed by atoms with Crippen molar-refractivity contribution in [3.8, 4) is 5.75 Å². The molecule has 0 heterocycles. The van der Waals surface area contributed by atoms with Crippen LogP contribution in [0.5, 0.6) is 5.75 Å². The van der Waals surface area contributed by atoms with Crippen molar-refractivity contribution in [3.05, 3.63) is 99.5 Å². The minimum atomic E-state index is -0.393. The van der Waals surface area contributed by atoms with E-state index in [0.717, 1.165) is 11.1 Å². The fourth-order valence-electron chi connectivity index (χ4n) is 2.57. The SMILES string of the molecule is O=C(Cc1c(Cl)cccc1Cl)Oc1ccccc1Cc1ccccc1. The van der Waals surface area contributed by atoms with Crippen LogP contribution in [0.1, 0.15) is 16.7 Å². The first kappa shape index (κ1) is 17.5. The van der Waals surface area contributed by atoms with Crippen molar-refractivity contribution >= 4 is 29.2 Å². The Labute approximate surface area is 157 Å². The fourth-order valence-corrected chi connectivity index (χ4v) is 3.10. The number of rotatable bonds is 5. The molecule has 0 fully saturated rings. The number of carbonyl (C=O) groups is 1. The Bertz CT molecular complexity index is 856. The van der Waals surface area contributed by atoms with Crippen LogP contribution >= 0.6 is 23.2 Å². The summed E-state index contributed by atoms with van der Waals surface area (Å²) in [7, 11) is 0. The Morgan fingerprint density at radius 2 is 1.44 bits per heavy atom. The summed E-state index contributed by atoms with van der Waals surface area (Å²) in [5.74, 6) is 0.162. The third kappa shape index (κ3) is 4.62. The van der Waals surface area contributed by atoms with Gasteiger partial charge in [0.15, 0.2) is 0 Å². The average Bonchev–Trinajstić information content (AvgIpc) is 2.61. The minimum absolute atomic E-state index is 0.0260. The van der Waals surface area contributed by atoms with Gasteiger partial charge in [-0.25, -0.2) is 0 Å². The van der Waals surface area contributed by atoms with E-state index < -0.39 is 5.97 Å². The Morgan fingerprint density at radius 1 is 0.800 bits per heavy atom. The van der Waals surface area contributed by atoms with Crippen LogP contribution in [0.4, 0.5) is 0 Å². The molecule has 25 heavy (non-hydrogen) atoms. The number of esters is 1. The second-order valence-corrected chi connectivity index (χ2v) is 6.44. The molecule has 0 amide bonds. The highest BCUT2D eigenvalue weighted by molar-refractivity contribution is 6.36. The van der Waals surface area contributed by atoms with E-state index in [1.165, 1.54) is 0 Å². The second kappa shape index (κ2) is 8.19. The maximum absolute atomic E-state index is 12.4. The molecule has 0 spiro atoms. The van der Waals surface area contributed by atoms with Crippen LogP contribution in [0.2, 0.25) is 10.0 Å². The summed E-state index contributed by atoms with van der Waals surface area (Å²) >= 11 is 12.2. The van der Waals surface area contributed by atoms with Crippen LogP contribution in [-0.4, -0.2) is 5.97 Å².